The van der Waals surface area contributed by atoms with Gasteiger partial charge in [0, 0.05) is 16.6 Å². The number of carbonyl (C=O) groups excluding carboxylic acids is 2. The maximum atomic E-state index is 12.5. The first kappa shape index (κ1) is 18.7. The Bertz CT molecular complexity index is 1010. The van der Waals surface area contributed by atoms with Crippen LogP contribution >= 0.6 is 27.7 Å². The fourth-order valence-electron chi connectivity index (χ4n) is 2.64. The summed E-state index contributed by atoms with van der Waals surface area (Å²) in [6.07, 6.45) is 0.0637. The third kappa shape index (κ3) is 4.26. The number of halogens is 1. The molecule has 1 unspecified atom stereocenters. The van der Waals surface area contributed by atoms with E-state index in [1.54, 1.807) is 12.1 Å². The van der Waals surface area contributed by atoms with Crippen molar-refractivity contribution < 1.29 is 14.3 Å². The van der Waals surface area contributed by atoms with Gasteiger partial charge in [0.05, 0.1) is 0 Å². The molecule has 4 rings (SSSR count). The molecule has 0 radical (unpaired) electrons. The Hall–Kier alpha value is -2.65. The van der Waals surface area contributed by atoms with E-state index in [2.05, 4.69) is 31.3 Å². The molecule has 0 saturated heterocycles. The molecule has 0 fully saturated rings. The number of rotatable bonds is 6. The third-order valence-electron chi connectivity index (χ3n) is 3.96. The van der Waals surface area contributed by atoms with Gasteiger partial charge in [-0.2, -0.15) is 4.68 Å². The summed E-state index contributed by atoms with van der Waals surface area (Å²) in [5.74, 6) is 0.644. The van der Waals surface area contributed by atoms with Crippen molar-refractivity contribution in [1.29, 1.82) is 0 Å². The predicted octanol–water partition coefficient (Wildman–Crippen LogP) is 3.76. The lowest BCUT2D eigenvalue weighted by Crippen LogP contribution is -2.25. The van der Waals surface area contributed by atoms with E-state index in [0.717, 1.165) is 4.47 Å². The molecule has 2 heterocycles. The van der Waals surface area contributed by atoms with Crippen molar-refractivity contribution in [3.05, 3.63) is 64.9 Å². The minimum absolute atomic E-state index is 0.0637. The van der Waals surface area contributed by atoms with Gasteiger partial charge in [0.15, 0.2) is 11.0 Å². The molecule has 0 bridgehead atoms. The second-order valence-electron chi connectivity index (χ2n) is 6.03. The average Bonchev–Trinajstić information content (AvgIpc) is 3.21. The molecular formula is C19H15BrN4O3S. The molecule has 1 aliphatic rings. The Kier molecular flexibility index (Phi) is 5.45. The number of anilines is 1. The van der Waals surface area contributed by atoms with Gasteiger partial charge in [-0.15, -0.1) is 5.10 Å². The fraction of sp³-hybridized carbons (Fsp3) is 0.158. The van der Waals surface area contributed by atoms with Crippen molar-refractivity contribution in [3.63, 3.8) is 0 Å². The molecule has 0 saturated carbocycles. The second-order valence-corrected chi connectivity index (χ2v) is 8.11. The maximum Gasteiger partial charge on any atom is 0.263 e. The molecule has 2 aromatic carbocycles. The normalized spacial score (nSPS) is 15.3. The van der Waals surface area contributed by atoms with Gasteiger partial charge < -0.3 is 10.1 Å². The standard InChI is InChI=1S/C19H15BrN4O3S/c20-12-6-8-14(9-7-12)27-11-16-22-19-24(23-16)18(26)15(28-19)10-17(25)21-13-4-2-1-3-5-13/h1-9,15H,10-11H2,(H,21,25). The lowest BCUT2D eigenvalue weighted by molar-refractivity contribution is -0.116. The van der Waals surface area contributed by atoms with Crippen LogP contribution in [0, 0.1) is 0 Å². The summed E-state index contributed by atoms with van der Waals surface area (Å²) in [6.45, 7) is 0.161. The van der Waals surface area contributed by atoms with E-state index in [4.69, 9.17) is 4.74 Å². The smallest absolute Gasteiger partial charge is 0.263 e. The highest BCUT2D eigenvalue weighted by molar-refractivity contribution is 9.10. The zero-order valence-electron chi connectivity index (χ0n) is 14.5. The van der Waals surface area contributed by atoms with E-state index in [9.17, 15) is 9.59 Å². The van der Waals surface area contributed by atoms with E-state index in [1.807, 2.05) is 42.5 Å². The number of para-hydroxylation sites is 1. The molecule has 1 aromatic heterocycles. The van der Waals surface area contributed by atoms with Gasteiger partial charge >= 0.3 is 0 Å². The van der Waals surface area contributed by atoms with Crippen LogP contribution in [0.5, 0.6) is 5.75 Å². The minimum Gasteiger partial charge on any atom is -0.486 e. The fourth-order valence-corrected chi connectivity index (χ4v) is 3.99. The summed E-state index contributed by atoms with van der Waals surface area (Å²) in [7, 11) is 0. The predicted molar refractivity (Wildman–Crippen MR) is 108 cm³/mol. The van der Waals surface area contributed by atoms with Crippen molar-refractivity contribution in [2.45, 2.75) is 23.4 Å². The number of benzene rings is 2. The summed E-state index contributed by atoms with van der Waals surface area (Å²) in [6, 6.07) is 16.5. The van der Waals surface area contributed by atoms with Crippen molar-refractivity contribution in [2.24, 2.45) is 0 Å². The first-order valence-electron chi connectivity index (χ1n) is 8.48. The van der Waals surface area contributed by atoms with Gasteiger partial charge in [-0.05, 0) is 36.4 Å². The number of thioether (sulfide) groups is 1. The van der Waals surface area contributed by atoms with Gasteiger partial charge in [0.2, 0.25) is 5.91 Å². The monoisotopic (exact) mass is 458 g/mol. The molecule has 9 heteroatoms. The van der Waals surface area contributed by atoms with Gasteiger partial charge in [-0.25, -0.2) is 4.98 Å². The topological polar surface area (TPSA) is 86.1 Å². The maximum absolute atomic E-state index is 12.5. The van der Waals surface area contributed by atoms with E-state index in [0.29, 0.717) is 22.4 Å². The molecule has 1 N–H and O–H groups in total. The summed E-state index contributed by atoms with van der Waals surface area (Å²) in [5.41, 5.74) is 0.700. The number of nitrogens with one attached hydrogen (secondary N) is 1. The zero-order chi connectivity index (χ0) is 19.5. The van der Waals surface area contributed by atoms with E-state index in [1.165, 1.54) is 16.4 Å². The van der Waals surface area contributed by atoms with E-state index >= 15 is 0 Å². The summed E-state index contributed by atoms with van der Waals surface area (Å²) >= 11 is 4.61. The highest BCUT2D eigenvalue weighted by Gasteiger charge is 2.36. The lowest BCUT2D eigenvalue weighted by Gasteiger charge is -2.08. The largest absolute Gasteiger partial charge is 0.486 e. The Labute approximate surface area is 173 Å². The van der Waals surface area contributed by atoms with Crippen LogP contribution in [0.15, 0.2) is 64.2 Å². The van der Waals surface area contributed by atoms with Crippen LogP contribution in [0.1, 0.15) is 17.0 Å². The van der Waals surface area contributed by atoms with Crippen molar-refractivity contribution >= 4 is 45.2 Å². The van der Waals surface area contributed by atoms with Crippen LogP contribution in [0.2, 0.25) is 0 Å². The first-order valence-corrected chi connectivity index (χ1v) is 10.2. The Morgan fingerprint density at radius 3 is 2.64 bits per heavy atom. The van der Waals surface area contributed by atoms with E-state index < -0.39 is 5.25 Å². The second kappa shape index (κ2) is 8.15. The quantitative estimate of drug-likeness (QED) is 0.604. The molecule has 1 amide bonds. The van der Waals surface area contributed by atoms with Gasteiger partial charge in [0.1, 0.15) is 17.6 Å². The number of hydrogen-bond donors (Lipinski definition) is 1. The average molecular weight is 459 g/mol. The molecule has 7 nitrogen and oxygen atoms in total. The molecule has 142 valence electrons. The molecular weight excluding hydrogens is 444 g/mol. The summed E-state index contributed by atoms with van der Waals surface area (Å²) < 4.78 is 7.85. The van der Waals surface area contributed by atoms with Crippen LogP contribution in [-0.4, -0.2) is 31.8 Å². The molecule has 1 atom stereocenters. The molecule has 1 aliphatic heterocycles. The Morgan fingerprint density at radius 1 is 1.18 bits per heavy atom. The van der Waals surface area contributed by atoms with Crippen molar-refractivity contribution in [3.8, 4) is 5.75 Å². The Balaban J connectivity index is 1.34. The SMILES string of the molecule is O=C(CC1Sc2nc(COc3ccc(Br)cc3)nn2C1=O)Nc1ccccc1. The molecule has 3 aromatic rings. The lowest BCUT2D eigenvalue weighted by atomic mass is 10.2. The van der Waals surface area contributed by atoms with Crippen LogP contribution in [0.3, 0.4) is 0 Å². The molecule has 0 aliphatic carbocycles. The number of aromatic nitrogens is 3. The van der Waals surface area contributed by atoms with Crippen LogP contribution in [-0.2, 0) is 11.4 Å². The minimum atomic E-state index is -0.528. The highest BCUT2D eigenvalue weighted by atomic mass is 79.9. The number of amides is 1. The molecule has 28 heavy (non-hydrogen) atoms. The van der Waals surface area contributed by atoms with Gasteiger partial charge in [-0.3, -0.25) is 9.59 Å². The van der Waals surface area contributed by atoms with E-state index in [-0.39, 0.29) is 24.8 Å². The van der Waals surface area contributed by atoms with Gasteiger partial charge in [-0.1, -0.05) is 45.9 Å². The number of nitrogens with zero attached hydrogens (tertiary/aromatic N) is 3. The number of ether oxygens (including phenoxy) is 1. The van der Waals surface area contributed by atoms with Crippen LogP contribution in [0.4, 0.5) is 5.69 Å². The zero-order valence-corrected chi connectivity index (χ0v) is 16.9. The van der Waals surface area contributed by atoms with Crippen LogP contribution in [0.25, 0.3) is 0 Å². The number of carbonyl (C=O) groups is 2. The first-order chi connectivity index (χ1) is 13.6. The number of fused-ring (bicyclic) bond motifs is 1. The van der Waals surface area contributed by atoms with Crippen LogP contribution < -0.4 is 10.1 Å². The Morgan fingerprint density at radius 2 is 1.93 bits per heavy atom. The molecule has 0 spiro atoms. The number of hydrogen-bond acceptors (Lipinski definition) is 6. The van der Waals surface area contributed by atoms with Crippen molar-refractivity contribution in [2.75, 3.05) is 5.32 Å². The third-order valence-corrected chi connectivity index (χ3v) is 5.62. The van der Waals surface area contributed by atoms with Gasteiger partial charge in [0.25, 0.3) is 5.91 Å². The summed E-state index contributed by atoms with van der Waals surface area (Å²) in [5, 5.41) is 6.95. The highest BCUT2D eigenvalue weighted by Crippen LogP contribution is 2.32. The van der Waals surface area contributed by atoms with Crippen molar-refractivity contribution in [1.82, 2.24) is 14.8 Å². The summed E-state index contributed by atoms with van der Waals surface area (Å²) in [4.78, 5) is 29.1.